The highest BCUT2D eigenvalue weighted by atomic mass is 35.5. The maximum absolute atomic E-state index is 12.1. The second kappa shape index (κ2) is 7.97. The maximum Gasteiger partial charge on any atom is 0.350 e. The van der Waals surface area contributed by atoms with Gasteiger partial charge in [0.2, 0.25) is 0 Å². The van der Waals surface area contributed by atoms with Crippen LogP contribution in [-0.4, -0.2) is 33.8 Å². The van der Waals surface area contributed by atoms with Gasteiger partial charge in [-0.05, 0) is 36.4 Å². The Hall–Kier alpha value is -3.91. The Balaban J connectivity index is 1.67. The van der Waals surface area contributed by atoms with E-state index in [1.54, 1.807) is 42.5 Å². The van der Waals surface area contributed by atoms with Crippen LogP contribution < -0.4 is 5.32 Å². The van der Waals surface area contributed by atoms with Crippen LogP contribution in [0.5, 0.6) is 0 Å². The number of ether oxygens (including phenoxy) is 2. The number of halogens is 1. The van der Waals surface area contributed by atoms with E-state index >= 15 is 0 Å². The second-order valence-corrected chi connectivity index (χ2v) is 7.92. The number of carboxylic acids is 1. The molecule has 162 valence electrons. The van der Waals surface area contributed by atoms with E-state index in [2.05, 4.69) is 10.3 Å². The molecule has 0 radical (unpaired) electrons. The molecule has 0 unspecified atom stereocenters. The number of cyclic esters (lactones) is 2. The molecule has 1 fully saturated rings. The summed E-state index contributed by atoms with van der Waals surface area (Å²) in [6.45, 7) is 2.93. The molecule has 32 heavy (non-hydrogen) atoms. The number of nitrogens with zero attached hydrogens (tertiary/aromatic N) is 1. The van der Waals surface area contributed by atoms with E-state index in [0.29, 0.717) is 32.9 Å². The lowest BCUT2D eigenvalue weighted by molar-refractivity contribution is -0.222. The normalized spacial score (nSPS) is 15.2. The Morgan fingerprint density at radius 2 is 1.81 bits per heavy atom. The van der Waals surface area contributed by atoms with Gasteiger partial charge in [-0.1, -0.05) is 23.7 Å². The third-order valence-electron chi connectivity index (χ3n) is 4.66. The SMILES string of the molecule is CC1(C)OC(=O)C(=CNc2cccc(-c3cc(C(=O)O)c4cc(Cl)ccc4n3)c2)C(=O)O1. The number of pyridine rings is 1. The van der Waals surface area contributed by atoms with Gasteiger partial charge in [-0.25, -0.2) is 19.4 Å². The van der Waals surface area contributed by atoms with Crippen molar-refractivity contribution in [2.24, 2.45) is 0 Å². The summed E-state index contributed by atoms with van der Waals surface area (Å²) in [5, 5.41) is 13.4. The predicted molar refractivity (Wildman–Crippen MR) is 117 cm³/mol. The largest absolute Gasteiger partial charge is 0.478 e. The fourth-order valence-electron chi connectivity index (χ4n) is 3.23. The van der Waals surface area contributed by atoms with Gasteiger partial charge in [0.15, 0.2) is 5.57 Å². The quantitative estimate of drug-likeness (QED) is 0.340. The molecule has 1 aliphatic rings. The number of aromatic nitrogens is 1. The summed E-state index contributed by atoms with van der Waals surface area (Å²) in [4.78, 5) is 40.5. The first-order valence-electron chi connectivity index (χ1n) is 9.50. The summed E-state index contributed by atoms with van der Waals surface area (Å²) in [6, 6.07) is 13.2. The van der Waals surface area contributed by atoms with Crippen molar-refractivity contribution >= 4 is 46.1 Å². The Morgan fingerprint density at radius 3 is 2.50 bits per heavy atom. The number of carbonyl (C=O) groups excluding carboxylic acids is 2. The van der Waals surface area contributed by atoms with Crippen molar-refractivity contribution in [2.45, 2.75) is 19.6 Å². The number of hydrogen-bond acceptors (Lipinski definition) is 7. The van der Waals surface area contributed by atoms with Gasteiger partial charge in [0.1, 0.15) is 0 Å². The average molecular weight is 453 g/mol. The topological polar surface area (TPSA) is 115 Å². The lowest BCUT2D eigenvalue weighted by Gasteiger charge is -2.29. The van der Waals surface area contributed by atoms with E-state index in [1.807, 2.05) is 0 Å². The lowest BCUT2D eigenvalue weighted by Crippen LogP contribution is -2.42. The fraction of sp³-hybridized carbons (Fsp3) is 0.130. The van der Waals surface area contributed by atoms with Gasteiger partial charge in [-0.15, -0.1) is 0 Å². The zero-order valence-corrected chi connectivity index (χ0v) is 17.8. The summed E-state index contributed by atoms with van der Waals surface area (Å²) >= 11 is 6.01. The maximum atomic E-state index is 12.1. The fourth-order valence-corrected chi connectivity index (χ4v) is 3.40. The van der Waals surface area contributed by atoms with E-state index in [9.17, 15) is 19.5 Å². The van der Waals surface area contributed by atoms with Crippen LogP contribution >= 0.6 is 11.6 Å². The summed E-state index contributed by atoms with van der Waals surface area (Å²) < 4.78 is 10.1. The van der Waals surface area contributed by atoms with E-state index in [4.69, 9.17) is 21.1 Å². The zero-order chi connectivity index (χ0) is 23.0. The molecule has 2 N–H and O–H groups in total. The first kappa shape index (κ1) is 21.3. The van der Waals surface area contributed by atoms with E-state index < -0.39 is 23.7 Å². The summed E-state index contributed by atoms with van der Waals surface area (Å²) in [5.74, 6) is -4.01. The molecule has 0 atom stereocenters. The molecular weight excluding hydrogens is 436 g/mol. The molecule has 2 heterocycles. The van der Waals surface area contributed by atoms with Crippen molar-refractivity contribution in [1.29, 1.82) is 0 Å². The molecule has 0 aliphatic carbocycles. The highest BCUT2D eigenvalue weighted by molar-refractivity contribution is 6.31. The van der Waals surface area contributed by atoms with Crippen LogP contribution in [0.3, 0.4) is 0 Å². The highest BCUT2D eigenvalue weighted by Gasteiger charge is 2.38. The van der Waals surface area contributed by atoms with E-state index in [1.165, 1.54) is 26.1 Å². The van der Waals surface area contributed by atoms with Gasteiger partial charge in [-0.3, -0.25) is 0 Å². The van der Waals surface area contributed by atoms with Crippen molar-refractivity contribution in [2.75, 3.05) is 5.32 Å². The van der Waals surface area contributed by atoms with Gasteiger partial charge in [0.25, 0.3) is 5.79 Å². The van der Waals surface area contributed by atoms with Crippen molar-refractivity contribution in [3.8, 4) is 11.3 Å². The molecule has 9 heteroatoms. The standard InChI is InChI=1S/C23H17ClN2O6/c1-23(2)31-21(29)17(22(30)32-23)11-25-14-5-3-4-12(8-14)19-10-16(20(27)28)15-9-13(24)6-7-18(15)26-19/h3-11,25H,1-2H3,(H,27,28). The predicted octanol–water partition coefficient (Wildman–Crippen LogP) is 4.39. The second-order valence-electron chi connectivity index (χ2n) is 7.48. The Labute approximate surface area is 187 Å². The van der Waals surface area contributed by atoms with E-state index in [0.717, 1.165) is 0 Å². The van der Waals surface area contributed by atoms with Gasteiger partial charge in [0, 0.05) is 41.7 Å². The van der Waals surface area contributed by atoms with E-state index in [-0.39, 0.29) is 11.1 Å². The molecule has 0 bridgehead atoms. The molecule has 0 amide bonds. The monoisotopic (exact) mass is 452 g/mol. The van der Waals surface area contributed by atoms with Crippen LogP contribution in [0.2, 0.25) is 5.02 Å². The van der Waals surface area contributed by atoms with Crippen molar-refractivity contribution in [3.05, 3.63) is 70.9 Å². The van der Waals surface area contributed by atoms with Crippen LogP contribution in [0.4, 0.5) is 5.69 Å². The van der Waals surface area contributed by atoms with Gasteiger partial charge < -0.3 is 19.9 Å². The number of fused-ring (bicyclic) bond motifs is 1. The van der Waals surface area contributed by atoms with Gasteiger partial charge in [-0.2, -0.15) is 0 Å². The summed E-state index contributed by atoms with van der Waals surface area (Å²) in [6.07, 6.45) is 1.21. The van der Waals surface area contributed by atoms with Gasteiger partial charge in [0.05, 0.1) is 16.8 Å². The minimum atomic E-state index is -1.32. The Morgan fingerprint density at radius 1 is 1.09 bits per heavy atom. The van der Waals surface area contributed by atoms with Crippen molar-refractivity contribution < 1.29 is 29.0 Å². The van der Waals surface area contributed by atoms with Crippen molar-refractivity contribution in [1.82, 2.24) is 4.98 Å². The lowest BCUT2D eigenvalue weighted by atomic mass is 10.0. The first-order chi connectivity index (χ1) is 15.1. The third kappa shape index (κ3) is 4.26. The summed E-state index contributed by atoms with van der Waals surface area (Å²) in [7, 11) is 0. The van der Waals surface area contributed by atoms with Crippen LogP contribution in [-0.2, 0) is 19.1 Å². The number of rotatable bonds is 4. The molecule has 1 saturated heterocycles. The van der Waals surface area contributed by atoms with Crippen LogP contribution in [0.1, 0.15) is 24.2 Å². The number of benzene rings is 2. The molecule has 0 spiro atoms. The number of esters is 2. The van der Waals surface area contributed by atoms with Crippen LogP contribution in [0, 0.1) is 0 Å². The molecular formula is C23H17ClN2O6. The number of carboxylic acid groups (broad SMARTS) is 1. The van der Waals surface area contributed by atoms with Crippen molar-refractivity contribution in [3.63, 3.8) is 0 Å². The molecule has 8 nitrogen and oxygen atoms in total. The number of anilines is 1. The van der Waals surface area contributed by atoms with Crippen LogP contribution in [0.15, 0.2) is 60.3 Å². The molecule has 0 saturated carbocycles. The molecule has 3 aromatic rings. The zero-order valence-electron chi connectivity index (χ0n) is 17.0. The molecule has 1 aromatic heterocycles. The molecule has 4 rings (SSSR count). The average Bonchev–Trinajstić information content (AvgIpc) is 2.71. The Bertz CT molecular complexity index is 1290. The molecule has 1 aliphatic heterocycles. The first-order valence-corrected chi connectivity index (χ1v) is 9.88. The van der Waals surface area contributed by atoms with Gasteiger partial charge >= 0.3 is 17.9 Å². The molecule has 2 aromatic carbocycles. The third-order valence-corrected chi connectivity index (χ3v) is 4.89. The Kier molecular flexibility index (Phi) is 5.31. The number of nitrogens with one attached hydrogen (secondary N) is 1. The smallest absolute Gasteiger partial charge is 0.350 e. The minimum absolute atomic E-state index is 0.0725. The number of hydrogen-bond donors (Lipinski definition) is 2. The minimum Gasteiger partial charge on any atom is -0.478 e. The van der Waals surface area contributed by atoms with Crippen LogP contribution in [0.25, 0.3) is 22.2 Å². The number of aromatic carboxylic acids is 1. The summed E-state index contributed by atoms with van der Waals surface area (Å²) in [5.41, 5.74) is 1.89. The number of carbonyl (C=O) groups is 3. The highest BCUT2D eigenvalue weighted by Crippen LogP contribution is 2.29.